The van der Waals surface area contributed by atoms with Gasteiger partial charge in [0.2, 0.25) is 5.65 Å². The lowest BCUT2D eigenvalue weighted by Crippen LogP contribution is -2.16. The number of rotatable bonds is 2. The van der Waals surface area contributed by atoms with E-state index in [9.17, 15) is 0 Å². The van der Waals surface area contributed by atoms with Crippen molar-refractivity contribution in [3.05, 3.63) is 24.2 Å². The van der Waals surface area contributed by atoms with E-state index in [4.69, 9.17) is 9.47 Å². The lowest BCUT2D eigenvalue weighted by Gasteiger charge is -2.20. The van der Waals surface area contributed by atoms with Crippen LogP contribution in [0, 0.1) is 0 Å². The van der Waals surface area contributed by atoms with Crippen molar-refractivity contribution in [1.29, 1.82) is 0 Å². The van der Waals surface area contributed by atoms with E-state index in [1.54, 1.807) is 7.11 Å². The van der Waals surface area contributed by atoms with Crippen molar-refractivity contribution in [2.45, 2.75) is 18.8 Å². The van der Waals surface area contributed by atoms with E-state index in [2.05, 4.69) is 10.2 Å². The van der Waals surface area contributed by atoms with Gasteiger partial charge in [-0.3, -0.25) is 4.40 Å². The number of hydrogen-bond donors (Lipinski definition) is 0. The molecule has 0 N–H and O–H groups in total. The average Bonchev–Trinajstić information content (AvgIpc) is 2.83. The maximum atomic E-state index is 5.37. The van der Waals surface area contributed by atoms with E-state index in [0.717, 1.165) is 43.3 Å². The second-order valence-electron chi connectivity index (χ2n) is 4.22. The molecular formula is C12H15N3O2. The van der Waals surface area contributed by atoms with E-state index in [0.29, 0.717) is 5.92 Å². The van der Waals surface area contributed by atoms with Gasteiger partial charge >= 0.3 is 0 Å². The van der Waals surface area contributed by atoms with Crippen molar-refractivity contribution >= 4 is 5.65 Å². The van der Waals surface area contributed by atoms with Gasteiger partial charge in [0.25, 0.3) is 0 Å². The van der Waals surface area contributed by atoms with Gasteiger partial charge in [-0.25, -0.2) is 0 Å². The van der Waals surface area contributed by atoms with Crippen LogP contribution in [0.2, 0.25) is 0 Å². The van der Waals surface area contributed by atoms with Crippen LogP contribution < -0.4 is 4.74 Å². The highest BCUT2D eigenvalue weighted by molar-refractivity contribution is 5.53. The number of hydrogen-bond acceptors (Lipinski definition) is 4. The van der Waals surface area contributed by atoms with Crippen LogP contribution in [-0.4, -0.2) is 34.9 Å². The zero-order valence-electron chi connectivity index (χ0n) is 9.80. The molecule has 1 fully saturated rings. The molecule has 0 bridgehead atoms. The zero-order valence-corrected chi connectivity index (χ0v) is 9.80. The van der Waals surface area contributed by atoms with E-state index < -0.39 is 0 Å². The molecule has 3 heterocycles. The third kappa shape index (κ3) is 1.76. The highest BCUT2D eigenvalue weighted by Gasteiger charge is 2.21. The molecule has 0 saturated carbocycles. The molecule has 1 saturated heterocycles. The van der Waals surface area contributed by atoms with Crippen molar-refractivity contribution < 1.29 is 9.47 Å². The number of fused-ring (bicyclic) bond motifs is 1. The zero-order chi connectivity index (χ0) is 11.7. The largest absolute Gasteiger partial charge is 0.493 e. The molecule has 5 heteroatoms. The standard InChI is InChI=1S/C12H15N3O2/c1-16-10-3-2-6-15-11(13-14-12(10)15)9-4-7-17-8-5-9/h2-3,6,9H,4-5,7-8H2,1H3. The molecule has 3 rings (SSSR count). The smallest absolute Gasteiger partial charge is 0.203 e. The van der Waals surface area contributed by atoms with Crippen LogP contribution in [0.15, 0.2) is 18.3 Å². The average molecular weight is 233 g/mol. The summed E-state index contributed by atoms with van der Waals surface area (Å²) in [6.07, 6.45) is 4.01. The summed E-state index contributed by atoms with van der Waals surface area (Å²) in [5.74, 6) is 2.21. The Balaban J connectivity index is 2.05. The van der Waals surface area contributed by atoms with Crippen LogP contribution in [0.5, 0.6) is 5.75 Å². The highest BCUT2D eigenvalue weighted by Crippen LogP contribution is 2.27. The van der Waals surface area contributed by atoms with Crippen LogP contribution in [0.1, 0.15) is 24.6 Å². The summed E-state index contributed by atoms with van der Waals surface area (Å²) in [6.45, 7) is 1.62. The van der Waals surface area contributed by atoms with Crippen molar-refractivity contribution in [1.82, 2.24) is 14.6 Å². The van der Waals surface area contributed by atoms with Crippen LogP contribution in [0.3, 0.4) is 0 Å². The Morgan fingerprint density at radius 1 is 1.35 bits per heavy atom. The Bertz CT molecular complexity index is 517. The van der Waals surface area contributed by atoms with Crippen molar-refractivity contribution in [3.63, 3.8) is 0 Å². The summed E-state index contributed by atoms with van der Waals surface area (Å²) in [5.41, 5.74) is 0.788. The number of pyridine rings is 1. The van der Waals surface area contributed by atoms with Crippen LogP contribution in [0.25, 0.3) is 5.65 Å². The van der Waals surface area contributed by atoms with Crippen molar-refractivity contribution in [2.24, 2.45) is 0 Å². The first-order valence-electron chi connectivity index (χ1n) is 5.85. The predicted octanol–water partition coefficient (Wildman–Crippen LogP) is 1.63. The molecule has 0 unspecified atom stereocenters. The third-order valence-electron chi connectivity index (χ3n) is 3.23. The molecule has 1 aliphatic heterocycles. The number of ether oxygens (including phenoxy) is 2. The third-order valence-corrected chi connectivity index (χ3v) is 3.23. The number of nitrogens with zero attached hydrogens (tertiary/aromatic N) is 3. The van der Waals surface area contributed by atoms with Gasteiger partial charge in [0.15, 0.2) is 5.75 Å². The molecule has 1 aliphatic rings. The Hall–Kier alpha value is -1.62. The quantitative estimate of drug-likeness (QED) is 0.791. The van der Waals surface area contributed by atoms with Crippen molar-refractivity contribution in [2.75, 3.05) is 20.3 Å². The fourth-order valence-electron chi connectivity index (χ4n) is 2.30. The molecule has 2 aromatic rings. The second kappa shape index (κ2) is 4.33. The molecule has 90 valence electrons. The highest BCUT2D eigenvalue weighted by atomic mass is 16.5. The summed E-state index contributed by atoms with van der Waals surface area (Å²) in [7, 11) is 1.65. The van der Waals surface area contributed by atoms with Gasteiger partial charge in [0, 0.05) is 25.3 Å². The van der Waals surface area contributed by atoms with Gasteiger partial charge in [-0.1, -0.05) is 0 Å². The summed E-state index contributed by atoms with van der Waals surface area (Å²) >= 11 is 0. The minimum Gasteiger partial charge on any atom is -0.493 e. The Kier molecular flexibility index (Phi) is 2.68. The first kappa shape index (κ1) is 10.5. The molecule has 0 aromatic carbocycles. The molecule has 2 aromatic heterocycles. The van der Waals surface area contributed by atoms with Gasteiger partial charge in [0.05, 0.1) is 7.11 Å². The molecule has 0 aliphatic carbocycles. The monoisotopic (exact) mass is 233 g/mol. The Morgan fingerprint density at radius 2 is 2.18 bits per heavy atom. The molecule has 0 spiro atoms. The molecule has 0 radical (unpaired) electrons. The first-order valence-corrected chi connectivity index (χ1v) is 5.85. The van der Waals surface area contributed by atoms with Crippen LogP contribution in [0.4, 0.5) is 0 Å². The maximum absolute atomic E-state index is 5.37. The Labute approximate surface area is 99.4 Å². The number of methoxy groups -OCH3 is 1. The van der Waals surface area contributed by atoms with Gasteiger partial charge in [0.1, 0.15) is 5.82 Å². The lowest BCUT2D eigenvalue weighted by molar-refractivity contribution is 0.0834. The Morgan fingerprint density at radius 3 is 2.94 bits per heavy atom. The minimum absolute atomic E-state index is 0.436. The lowest BCUT2D eigenvalue weighted by atomic mass is 10.00. The topological polar surface area (TPSA) is 48.7 Å². The van der Waals surface area contributed by atoms with Crippen LogP contribution >= 0.6 is 0 Å². The predicted molar refractivity (Wildman–Crippen MR) is 62.3 cm³/mol. The van der Waals surface area contributed by atoms with Gasteiger partial charge in [-0.05, 0) is 25.0 Å². The minimum atomic E-state index is 0.436. The van der Waals surface area contributed by atoms with E-state index in [1.807, 2.05) is 22.7 Å². The summed E-state index contributed by atoms with van der Waals surface area (Å²) in [4.78, 5) is 0. The van der Waals surface area contributed by atoms with E-state index in [-0.39, 0.29) is 0 Å². The fraction of sp³-hybridized carbons (Fsp3) is 0.500. The van der Waals surface area contributed by atoms with Gasteiger partial charge < -0.3 is 9.47 Å². The summed E-state index contributed by atoms with van der Waals surface area (Å²) in [5, 5.41) is 8.52. The first-order chi connectivity index (χ1) is 8.40. The second-order valence-corrected chi connectivity index (χ2v) is 4.22. The molecular weight excluding hydrogens is 218 g/mol. The summed E-state index contributed by atoms with van der Waals surface area (Å²) < 4.78 is 12.7. The maximum Gasteiger partial charge on any atom is 0.203 e. The molecule has 0 amide bonds. The number of aromatic nitrogens is 3. The van der Waals surface area contributed by atoms with Gasteiger partial charge in [-0.2, -0.15) is 0 Å². The fourth-order valence-corrected chi connectivity index (χ4v) is 2.30. The van der Waals surface area contributed by atoms with E-state index in [1.165, 1.54) is 0 Å². The summed E-state index contributed by atoms with van der Waals surface area (Å²) in [6, 6.07) is 3.86. The molecule has 5 nitrogen and oxygen atoms in total. The SMILES string of the molecule is COc1cccn2c(C3CCOCC3)nnc12. The van der Waals surface area contributed by atoms with E-state index >= 15 is 0 Å². The normalized spacial score (nSPS) is 17.5. The van der Waals surface area contributed by atoms with Crippen molar-refractivity contribution in [3.8, 4) is 5.75 Å². The van der Waals surface area contributed by atoms with Gasteiger partial charge in [-0.15, -0.1) is 10.2 Å². The van der Waals surface area contributed by atoms with Crippen LogP contribution in [-0.2, 0) is 4.74 Å². The molecule has 17 heavy (non-hydrogen) atoms. The molecule has 0 atom stereocenters.